The standard InChI is InChI=1S/C21H28N4O3/c1-16(26)17-5-7-18(8-6-17)24-13-11-23(12-14-24)15-25-19(27)21(22-20(25)28)9-3-2-4-10-21/h5-8H,2-4,9-15H2,1H3,(H,22,28)/p+1. The van der Waals surface area contributed by atoms with E-state index in [-0.39, 0.29) is 17.7 Å². The lowest BCUT2D eigenvalue weighted by Gasteiger charge is -2.35. The molecule has 28 heavy (non-hydrogen) atoms. The first-order valence-electron chi connectivity index (χ1n) is 10.3. The van der Waals surface area contributed by atoms with Crippen LogP contribution in [0.1, 0.15) is 49.4 Å². The van der Waals surface area contributed by atoms with Gasteiger partial charge in [0.15, 0.2) is 12.5 Å². The molecule has 4 rings (SSSR count). The monoisotopic (exact) mass is 385 g/mol. The third kappa shape index (κ3) is 3.51. The number of hydrogen-bond donors (Lipinski definition) is 2. The molecule has 1 aliphatic carbocycles. The average Bonchev–Trinajstić information content (AvgIpc) is 2.93. The summed E-state index contributed by atoms with van der Waals surface area (Å²) in [7, 11) is 0. The maximum atomic E-state index is 12.9. The van der Waals surface area contributed by atoms with Crippen LogP contribution in [0.25, 0.3) is 0 Å². The molecule has 1 saturated carbocycles. The predicted octanol–water partition coefficient (Wildman–Crippen LogP) is 0.806. The van der Waals surface area contributed by atoms with Gasteiger partial charge >= 0.3 is 6.03 Å². The van der Waals surface area contributed by atoms with Crippen LogP contribution in [0.5, 0.6) is 0 Å². The summed E-state index contributed by atoms with van der Waals surface area (Å²) in [6, 6.07) is 7.50. The van der Waals surface area contributed by atoms with Crippen molar-refractivity contribution >= 4 is 23.4 Å². The van der Waals surface area contributed by atoms with Crippen molar-refractivity contribution in [2.75, 3.05) is 37.7 Å². The van der Waals surface area contributed by atoms with Crippen LogP contribution in [0.15, 0.2) is 24.3 Å². The van der Waals surface area contributed by atoms with E-state index in [0.29, 0.717) is 6.67 Å². The quantitative estimate of drug-likeness (QED) is 0.594. The average molecular weight is 385 g/mol. The molecule has 3 fully saturated rings. The summed E-state index contributed by atoms with van der Waals surface area (Å²) >= 11 is 0. The topological polar surface area (TPSA) is 74.2 Å². The van der Waals surface area contributed by atoms with Crippen LogP contribution in [-0.4, -0.2) is 61.0 Å². The molecule has 2 heterocycles. The molecule has 2 saturated heterocycles. The number of quaternary nitrogens is 1. The number of anilines is 1. The molecule has 7 nitrogen and oxygen atoms in total. The number of nitrogens with one attached hydrogen (secondary N) is 2. The molecule has 3 amide bonds. The van der Waals surface area contributed by atoms with E-state index < -0.39 is 5.54 Å². The molecule has 0 unspecified atom stereocenters. The summed E-state index contributed by atoms with van der Waals surface area (Å²) < 4.78 is 0. The molecular weight excluding hydrogens is 356 g/mol. The first kappa shape index (κ1) is 18.9. The molecule has 0 atom stereocenters. The number of nitrogens with zero attached hydrogens (tertiary/aromatic N) is 2. The van der Waals surface area contributed by atoms with Crippen molar-refractivity contribution in [3.05, 3.63) is 29.8 Å². The summed E-state index contributed by atoms with van der Waals surface area (Å²) in [6.07, 6.45) is 4.70. The molecular formula is C21H29N4O3+. The largest absolute Gasteiger partial charge is 0.360 e. The van der Waals surface area contributed by atoms with Crippen LogP contribution < -0.4 is 15.1 Å². The van der Waals surface area contributed by atoms with Gasteiger partial charge in [0.05, 0.1) is 26.2 Å². The number of hydrogen-bond acceptors (Lipinski definition) is 4. The van der Waals surface area contributed by atoms with E-state index in [2.05, 4.69) is 10.2 Å². The zero-order chi connectivity index (χ0) is 19.7. The molecule has 0 radical (unpaired) electrons. The van der Waals surface area contributed by atoms with Crippen LogP contribution in [0.4, 0.5) is 10.5 Å². The maximum Gasteiger partial charge on any atom is 0.329 e. The fourth-order valence-corrected chi connectivity index (χ4v) is 4.68. The predicted molar refractivity (Wildman–Crippen MR) is 105 cm³/mol. The van der Waals surface area contributed by atoms with Gasteiger partial charge in [-0.1, -0.05) is 19.3 Å². The van der Waals surface area contributed by atoms with E-state index in [1.54, 1.807) is 6.92 Å². The number of benzene rings is 1. The third-order valence-electron chi connectivity index (χ3n) is 6.44. The van der Waals surface area contributed by atoms with Crippen molar-refractivity contribution < 1.29 is 19.3 Å². The van der Waals surface area contributed by atoms with Crippen LogP contribution in [-0.2, 0) is 4.79 Å². The lowest BCUT2D eigenvalue weighted by Crippen LogP contribution is -3.16. The van der Waals surface area contributed by atoms with Crippen molar-refractivity contribution in [1.82, 2.24) is 10.2 Å². The Hall–Kier alpha value is -2.41. The Morgan fingerprint density at radius 2 is 1.71 bits per heavy atom. The lowest BCUT2D eigenvalue weighted by molar-refractivity contribution is -0.907. The van der Waals surface area contributed by atoms with Gasteiger partial charge in [0.1, 0.15) is 5.54 Å². The van der Waals surface area contributed by atoms with E-state index in [1.807, 2.05) is 24.3 Å². The van der Waals surface area contributed by atoms with Gasteiger partial charge in [0.2, 0.25) is 0 Å². The summed E-state index contributed by atoms with van der Waals surface area (Å²) in [5.41, 5.74) is 1.21. The number of carbonyl (C=O) groups is 3. The van der Waals surface area contributed by atoms with Gasteiger partial charge in [-0.25, -0.2) is 9.69 Å². The van der Waals surface area contributed by atoms with E-state index in [0.717, 1.165) is 69.5 Å². The Morgan fingerprint density at radius 1 is 1.07 bits per heavy atom. The van der Waals surface area contributed by atoms with E-state index in [1.165, 1.54) is 9.80 Å². The number of rotatable bonds is 4. The minimum absolute atomic E-state index is 0.0213. The number of ketones is 1. The van der Waals surface area contributed by atoms with Crippen LogP contribution in [0.2, 0.25) is 0 Å². The first-order chi connectivity index (χ1) is 13.5. The highest BCUT2D eigenvalue weighted by Gasteiger charge is 2.52. The van der Waals surface area contributed by atoms with Crippen LogP contribution in [0, 0.1) is 0 Å². The van der Waals surface area contributed by atoms with Gasteiger partial charge in [-0.2, -0.15) is 0 Å². The zero-order valence-electron chi connectivity index (χ0n) is 16.5. The summed E-state index contributed by atoms with van der Waals surface area (Å²) in [4.78, 5) is 41.8. The number of imide groups is 1. The van der Waals surface area contributed by atoms with Crippen molar-refractivity contribution in [3.8, 4) is 0 Å². The van der Waals surface area contributed by atoms with Crippen molar-refractivity contribution in [2.45, 2.75) is 44.6 Å². The molecule has 0 bridgehead atoms. The summed E-state index contributed by atoms with van der Waals surface area (Å²) in [5.74, 6) is 0.0528. The molecule has 1 spiro atoms. The Balaban J connectivity index is 1.33. The van der Waals surface area contributed by atoms with Crippen molar-refractivity contribution in [2.24, 2.45) is 0 Å². The Labute approximate surface area is 165 Å². The minimum atomic E-state index is -0.630. The van der Waals surface area contributed by atoms with Gasteiger partial charge in [0.25, 0.3) is 5.91 Å². The van der Waals surface area contributed by atoms with E-state index >= 15 is 0 Å². The van der Waals surface area contributed by atoms with Gasteiger partial charge < -0.3 is 15.1 Å². The smallest absolute Gasteiger partial charge is 0.329 e. The molecule has 7 heteroatoms. The molecule has 1 aromatic carbocycles. The molecule has 3 aliphatic rings. The Bertz CT molecular complexity index is 762. The number of urea groups is 1. The summed E-state index contributed by atoms with van der Waals surface area (Å²) in [5, 5.41) is 2.99. The Morgan fingerprint density at radius 3 is 2.32 bits per heavy atom. The minimum Gasteiger partial charge on any atom is -0.360 e. The molecule has 0 aromatic heterocycles. The van der Waals surface area contributed by atoms with Gasteiger partial charge in [0, 0.05) is 11.3 Å². The number of piperazine rings is 1. The second kappa shape index (κ2) is 7.54. The molecule has 150 valence electrons. The highest BCUT2D eigenvalue weighted by molar-refractivity contribution is 6.06. The Kier molecular flexibility index (Phi) is 5.10. The zero-order valence-corrected chi connectivity index (χ0v) is 16.5. The normalized spacial score (nSPS) is 22.6. The van der Waals surface area contributed by atoms with E-state index in [4.69, 9.17) is 0 Å². The second-order valence-electron chi connectivity index (χ2n) is 8.30. The second-order valence-corrected chi connectivity index (χ2v) is 8.30. The third-order valence-corrected chi connectivity index (χ3v) is 6.44. The van der Waals surface area contributed by atoms with E-state index in [9.17, 15) is 14.4 Å². The highest BCUT2D eigenvalue weighted by Crippen LogP contribution is 2.33. The maximum absolute atomic E-state index is 12.9. The van der Waals surface area contributed by atoms with Crippen LogP contribution in [0.3, 0.4) is 0 Å². The van der Waals surface area contributed by atoms with Crippen LogP contribution >= 0.6 is 0 Å². The van der Waals surface area contributed by atoms with Crippen molar-refractivity contribution in [1.29, 1.82) is 0 Å². The molecule has 2 aliphatic heterocycles. The molecule has 2 N–H and O–H groups in total. The van der Waals surface area contributed by atoms with Gasteiger partial charge in [-0.05, 0) is 44.0 Å². The SMILES string of the molecule is CC(=O)c1ccc(N2CC[NH+](CN3C(=O)NC4(CCCCC4)C3=O)CC2)cc1. The highest BCUT2D eigenvalue weighted by atomic mass is 16.2. The lowest BCUT2D eigenvalue weighted by atomic mass is 9.82. The van der Waals surface area contributed by atoms with Gasteiger partial charge in [-0.3, -0.25) is 9.59 Å². The number of Topliss-reactive ketones (excluding diaryl/α,β-unsaturated/α-hetero) is 1. The summed E-state index contributed by atoms with van der Waals surface area (Å²) in [6.45, 7) is 5.50. The van der Waals surface area contributed by atoms with Gasteiger partial charge in [-0.15, -0.1) is 0 Å². The number of carbonyl (C=O) groups excluding carboxylic acids is 3. The number of amides is 3. The fourth-order valence-electron chi connectivity index (χ4n) is 4.68. The van der Waals surface area contributed by atoms with Crippen molar-refractivity contribution in [3.63, 3.8) is 0 Å². The first-order valence-corrected chi connectivity index (χ1v) is 10.3. The fraction of sp³-hybridized carbons (Fsp3) is 0.571. The molecule has 1 aromatic rings.